The van der Waals surface area contributed by atoms with E-state index in [1.54, 1.807) is 16.9 Å². The molecule has 0 atom stereocenters. The lowest BCUT2D eigenvalue weighted by molar-refractivity contribution is 1.29. The Morgan fingerprint density at radius 2 is 2.50 bits per heavy atom. The second-order valence-corrected chi connectivity index (χ2v) is 4.27. The van der Waals surface area contributed by atoms with Gasteiger partial charge in [-0.3, -0.25) is 0 Å². The molecular weight excluding hydrogens is 232 g/mol. The third-order valence-corrected chi connectivity index (χ3v) is 3.11. The van der Waals surface area contributed by atoms with Crippen LogP contribution in [0.15, 0.2) is 26.8 Å². The Kier molecular flexibility index (Phi) is 3.46. The van der Waals surface area contributed by atoms with Crippen molar-refractivity contribution in [3.8, 4) is 0 Å². The van der Waals surface area contributed by atoms with Crippen molar-refractivity contribution >= 4 is 38.9 Å². The molecule has 0 saturated heterocycles. The number of allylic oxidation sites excluding steroid dienone is 1. The molecule has 0 aromatic carbocycles. The summed E-state index contributed by atoms with van der Waals surface area (Å²) in [6.07, 6.45) is 2.84. The van der Waals surface area contributed by atoms with Gasteiger partial charge in [0.15, 0.2) is 0 Å². The van der Waals surface area contributed by atoms with Gasteiger partial charge < -0.3 is 0 Å². The smallest absolute Gasteiger partial charge is 0.0733 e. The molecule has 0 spiro atoms. The van der Waals surface area contributed by atoms with Gasteiger partial charge >= 0.3 is 0 Å². The van der Waals surface area contributed by atoms with Crippen LogP contribution in [-0.2, 0) is 6.42 Å². The zero-order valence-corrected chi connectivity index (χ0v) is 8.34. The average molecular weight is 238 g/mol. The summed E-state index contributed by atoms with van der Waals surface area (Å²) in [5.41, 5.74) is 2.84. The van der Waals surface area contributed by atoms with Crippen LogP contribution in [0, 0.1) is 0 Å². The molecule has 1 rings (SSSR count). The molecular formula is C7H6BrClS. The van der Waals surface area contributed by atoms with Crippen molar-refractivity contribution in [1.82, 2.24) is 0 Å². The molecule has 1 aromatic rings. The summed E-state index contributed by atoms with van der Waals surface area (Å²) in [5, 5.41) is 2.06. The zero-order chi connectivity index (χ0) is 7.40. The molecule has 0 saturated carbocycles. The summed E-state index contributed by atoms with van der Waals surface area (Å²) in [4.78, 5) is 0. The Morgan fingerprint density at radius 1 is 1.70 bits per heavy atom. The highest BCUT2D eigenvalue weighted by Crippen LogP contribution is 2.23. The lowest BCUT2D eigenvalue weighted by Crippen LogP contribution is -1.73. The van der Waals surface area contributed by atoms with E-state index in [-0.39, 0.29) is 0 Å². The lowest BCUT2D eigenvalue weighted by Gasteiger charge is -1.88. The minimum Gasteiger partial charge on any atom is -0.137 e. The molecule has 0 aliphatic rings. The molecule has 54 valence electrons. The summed E-state index contributed by atoms with van der Waals surface area (Å²) in [6, 6.07) is 2.09. The molecule has 0 fully saturated rings. The largest absolute Gasteiger partial charge is 0.137 e. The summed E-state index contributed by atoms with van der Waals surface area (Å²) in [7, 11) is 0. The average Bonchev–Trinajstić information content (AvgIpc) is 2.31. The van der Waals surface area contributed by atoms with Crippen molar-refractivity contribution in [2.24, 2.45) is 0 Å². The molecule has 0 unspecified atom stereocenters. The fourth-order valence-electron chi connectivity index (χ4n) is 0.637. The molecule has 0 aliphatic heterocycles. The first-order valence-corrected chi connectivity index (χ1v) is 4.92. The molecule has 0 radical (unpaired) electrons. The maximum absolute atomic E-state index is 5.38. The monoisotopic (exact) mass is 236 g/mol. The molecule has 0 amide bonds. The second kappa shape index (κ2) is 4.16. The van der Waals surface area contributed by atoms with Gasteiger partial charge in [-0.15, -0.1) is 11.3 Å². The molecule has 3 heteroatoms. The maximum Gasteiger partial charge on any atom is 0.0733 e. The van der Waals surface area contributed by atoms with Crippen LogP contribution in [-0.4, -0.2) is 0 Å². The molecule has 1 heterocycles. The molecule has 0 aliphatic carbocycles. The zero-order valence-electron chi connectivity index (χ0n) is 5.18. The molecule has 0 bridgehead atoms. The van der Waals surface area contributed by atoms with Gasteiger partial charge in [0, 0.05) is 5.54 Å². The predicted molar refractivity (Wildman–Crippen MR) is 50.7 cm³/mol. The van der Waals surface area contributed by atoms with E-state index >= 15 is 0 Å². The van der Waals surface area contributed by atoms with Gasteiger partial charge in [0.25, 0.3) is 0 Å². The van der Waals surface area contributed by atoms with E-state index in [1.165, 1.54) is 9.35 Å². The fourth-order valence-corrected chi connectivity index (χ4v) is 2.00. The number of rotatable bonds is 2. The number of hydrogen-bond acceptors (Lipinski definition) is 1. The van der Waals surface area contributed by atoms with Gasteiger partial charge in [-0.1, -0.05) is 17.7 Å². The van der Waals surface area contributed by atoms with Crippen LogP contribution in [0.25, 0.3) is 0 Å². The Balaban J connectivity index is 2.65. The lowest BCUT2D eigenvalue weighted by atomic mass is 10.2. The van der Waals surface area contributed by atoms with Gasteiger partial charge in [-0.25, -0.2) is 0 Å². The summed E-state index contributed by atoms with van der Waals surface area (Å²) in [6.45, 7) is 0. The van der Waals surface area contributed by atoms with E-state index in [2.05, 4.69) is 27.4 Å². The molecule has 10 heavy (non-hydrogen) atoms. The SMILES string of the molecule is ClC=CCc1ccsc1Br. The van der Waals surface area contributed by atoms with Gasteiger partial charge in [0.1, 0.15) is 0 Å². The highest BCUT2D eigenvalue weighted by molar-refractivity contribution is 9.11. The number of halogens is 2. The van der Waals surface area contributed by atoms with E-state index in [0.717, 1.165) is 6.42 Å². The highest BCUT2D eigenvalue weighted by atomic mass is 79.9. The number of hydrogen-bond donors (Lipinski definition) is 0. The first-order chi connectivity index (χ1) is 4.84. The first kappa shape index (κ1) is 8.31. The topological polar surface area (TPSA) is 0 Å². The molecule has 0 nitrogen and oxygen atoms in total. The third kappa shape index (κ3) is 2.11. The van der Waals surface area contributed by atoms with Crippen LogP contribution in [0.2, 0.25) is 0 Å². The normalized spacial score (nSPS) is 11.0. The van der Waals surface area contributed by atoms with Crippen LogP contribution in [0.3, 0.4) is 0 Å². The van der Waals surface area contributed by atoms with Crippen LogP contribution in [0.5, 0.6) is 0 Å². The highest BCUT2D eigenvalue weighted by Gasteiger charge is 1.96. The maximum atomic E-state index is 5.38. The first-order valence-electron chi connectivity index (χ1n) is 2.81. The van der Waals surface area contributed by atoms with Crippen molar-refractivity contribution in [3.63, 3.8) is 0 Å². The van der Waals surface area contributed by atoms with E-state index in [4.69, 9.17) is 11.6 Å². The van der Waals surface area contributed by atoms with Gasteiger partial charge in [0.05, 0.1) is 3.79 Å². The van der Waals surface area contributed by atoms with E-state index in [9.17, 15) is 0 Å². The quantitative estimate of drug-likeness (QED) is 0.734. The van der Waals surface area contributed by atoms with Gasteiger partial charge in [-0.05, 0) is 39.4 Å². The van der Waals surface area contributed by atoms with Gasteiger partial charge in [-0.2, -0.15) is 0 Å². The summed E-state index contributed by atoms with van der Waals surface area (Å²) in [5.74, 6) is 0. The predicted octanol–water partition coefficient (Wildman–Crippen LogP) is 3.81. The van der Waals surface area contributed by atoms with E-state index < -0.39 is 0 Å². The van der Waals surface area contributed by atoms with Crippen LogP contribution in [0.4, 0.5) is 0 Å². The standard InChI is InChI=1S/C7H6BrClS/c8-7-6(2-1-4-9)3-5-10-7/h1,3-5H,2H2. The third-order valence-electron chi connectivity index (χ3n) is 1.12. The van der Waals surface area contributed by atoms with Gasteiger partial charge in [0.2, 0.25) is 0 Å². The van der Waals surface area contributed by atoms with Crippen molar-refractivity contribution in [1.29, 1.82) is 0 Å². The van der Waals surface area contributed by atoms with E-state index in [0.29, 0.717) is 0 Å². The fraction of sp³-hybridized carbons (Fsp3) is 0.143. The van der Waals surface area contributed by atoms with Crippen LogP contribution < -0.4 is 0 Å². The van der Waals surface area contributed by atoms with E-state index in [1.807, 2.05) is 6.08 Å². The van der Waals surface area contributed by atoms with Crippen LogP contribution in [0.1, 0.15) is 5.56 Å². The minimum absolute atomic E-state index is 0.910. The molecule has 1 aromatic heterocycles. The van der Waals surface area contributed by atoms with Crippen molar-refractivity contribution in [2.75, 3.05) is 0 Å². The molecule has 0 N–H and O–H groups in total. The Labute approximate surface area is 77.6 Å². The van der Waals surface area contributed by atoms with Crippen molar-refractivity contribution in [2.45, 2.75) is 6.42 Å². The number of thiophene rings is 1. The second-order valence-electron chi connectivity index (χ2n) is 1.79. The minimum atomic E-state index is 0.910. The summed E-state index contributed by atoms with van der Waals surface area (Å²) < 4.78 is 1.20. The Morgan fingerprint density at radius 3 is 3.00 bits per heavy atom. The Bertz CT molecular complexity index is 229. The Hall–Kier alpha value is 0.210. The van der Waals surface area contributed by atoms with Crippen LogP contribution >= 0.6 is 38.9 Å². The summed E-state index contributed by atoms with van der Waals surface area (Å²) >= 11 is 10.5. The van der Waals surface area contributed by atoms with Crippen molar-refractivity contribution < 1.29 is 0 Å². The van der Waals surface area contributed by atoms with Crippen molar-refractivity contribution in [3.05, 3.63) is 32.4 Å².